The molecule has 0 bridgehead atoms. The van der Waals surface area contributed by atoms with Gasteiger partial charge in [0.15, 0.2) is 0 Å². The molecule has 126 valence electrons. The van der Waals surface area contributed by atoms with Crippen molar-refractivity contribution in [2.24, 2.45) is 5.92 Å². The third-order valence-corrected chi connectivity index (χ3v) is 3.98. The SMILES string of the molecule is CCNCC(=O)NC1CCN(C(=O)CCC(=O)C(C)C)CC1. The summed E-state index contributed by atoms with van der Waals surface area (Å²) in [7, 11) is 0. The number of likely N-dealkylation sites (N-methyl/N-ethyl adjacent to an activating group) is 1. The van der Waals surface area contributed by atoms with Crippen molar-refractivity contribution >= 4 is 17.6 Å². The molecule has 6 heteroatoms. The Kier molecular flexibility index (Phi) is 8.09. The van der Waals surface area contributed by atoms with Crippen LogP contribution < -0.4 is 10.6 Å². The third-order valence-electron chi connectivity index (χ3n) is 3.98. The lowest BCUT2D eigenvalue weighted by Crippen LogP contribution is -2.48. The molecule has 0 aromatic carbocycles. The highest BCUT2D eigenvalue weighted by Gasteiger charge is 2.24. The van der Waals surface area contributed by atoms with Crippen molar-refractivity contribution in [3.63, 3.8) is 0 Å². The smallest absolute Gasteiger partial charge is 0.234 e. The van der Waals surface area contributed by atoms with Crippen LogP contribution >= 0.6 is 0 Å². The van der Waals surface area contributed by atoms with Gasteiger partial charge in [-0.3, -0.25) is 14.4 Å². The Morgan fingerprint density at radius 3 is 2.32 bits per heavy atom. The Morgan fingerprint density at radius 2 is 1.77 bits per heavy atom. The summed E-state index contributed by atoms with van der Waals surface area (Å²) >= 11 is 0. The molecule has 0 aromatic rings. The molecule has 0 aromatic heterocycles. The van der Waals surface area contributed by atoms with E-state index in [0.29, 0.717) is 32.5 Å². The van der Waals surface area contributed by atoms with Gasteiger partial charge in [-0.25, -0.2) is 0 Å². The standard InChI is InChI=1S/C16H29N3O3/c1-4-17-11-15(21)18-13-7-9-19(10-8-13)16(22)6-5-14(20)12(2)3/h12-13,17H,4-11H2,1-3H3,(H,18,21). The fourth-order valence-electron chi connectivity index (χ4n) is 2.47. The van der Waals surface area contributed by atoms with Crippen LogP contribution in [0.25, 0.3) is 0 Å². The maximum Gasteiger partial charge on any atom is 0.234 e. The molecular formula is C16H29N3O3. The first kappa shape index (κ1) is 18.6. The summed E-state index contributed by atoms with van der Waals surface area (Å²) in [4.78, 5) is 37.1. The second-order valence-corrected chi connectivity index (χ2v) is 6.12. The number of Topliss-reactive ketones (excluding diaryl/α,β-unsaturated/α-hetero) is 1. The predicted molar refractivity (Wildman–Crippen MR) is 85.4 cm³/mol. The van der Waals surface area contributed by atoms with Crippen LogP contribution in [-0.4, -0.2) is 54.7 Å². The van der Waals surface area contributed by atoms with Crippen molar-refractivity contribution in [3.8, 4) is 0 Å². The lowest BCUT2D eigenvalue weighted by Gasteiger charge is -2.32. The molecule has 1 aliphatic rings. The number of amides is 2. The Hall–Kier alpha value is -1.43. The topological polar surface area (TPSA) is 78.5 Å². The number of hydrogen-bond donors (Lipinski definition) is 2. The van der Waals surface area contributed by atoms with Crippen LogP contribution in [0.2, 0.25) is 0 Å². The van der Waals surface area contributed by atoms with E-state index in [1.165, 1.54) is 0 Å². The largest absolute Gasteiger partial charge is 0.352 e. The molecule has 0 radical (unpaired) electrons. The first-order valence-corrected chi connectivity index (χ1v) is 8.24. The zero-order valence-corrected chi connectivity index (χ0v) is 14.0. The van der Waals surface area contributed by atoms with Gasteiger partial charge in [0.1, 0.15) is 5.78 Å². The van der Waals surface area contributed by atoms with Crippen LogP contribution in [0, 0.1) is 5.92 Å². The minimum Gasteiger partial charge on any atom is -0.352 e. The molecule has 1 heterocycles. The number of likely N-dealkylation sites (tertiary alicyclic amines) is 1. The summed E-state index contributed by atoms with van der Waals surface area (Å²) < 4.78 is 0. The normalized spacial score (nSPS) is 15.9. The third kappa shape index (κ3) is 6.56. The number of ketones is 1. The minimum atomic E-state index is -0.00882. The number of nitrogens with one attached hydrogen (secondary N) is 2. The van der Waals surface area contributed by atoms with E-state index in [1.54, 1.807) is 4.90 Å². The van der Waals surface area contributed by atoms with E-state index in [0.717, 1.165) is 19.4 Å². The zero-order valence-electron chi connectivity index (χ0n) is 14.0. The van der Waals surface area contributed by atoms with Crippen molar-refractivity contribution in [1.82, 2.24) is 15.5 Å². The van der Waals surface area contributed by atoms with Crippen LogP contribution in [0.3, 0.4) is 0 Å². The van der Waals surface area contributed by atoms with Gasteiger partial charge in [0, 0.05) is 37.9 Å². The van der Waals surface area contributed by atoms with Crippen LogP contribution in [0.4, 0.5) is 0 Å². The molecule has 1 aliphatic heterocycles. The second-order valence-electron chi connectivity index (χ2n) is 6.12. The highest BCUT2D eigenvalue weighted by Crippen LogP contribution is 2.13. The number of nitrogens with zero attached hydrogens (tertiary/aromatic N) is 1. The van der Waals surface area contributed by atoms with Gasteiger partial charge < -0.3 is 15.5 Å². The monoisotopic (exact) mass is 311 g/mol. The molecule has 0 atom stereocenters. The second kappa shape index (κ2) is 9.56. The average molecular weight is 311 g/mol. The van der Waals surface area contributed by atoms with Crippen molar-refractivity contribution in [3.05, 3.63) is 0 Å². The number of hydrogen-bond acceptors (Lipinski definition) is 4. The van der Waals surface area contributed by atoms with Crippen molar-refractivity contribution < 1.29 is 14.4 Å². The molecule has 0 aliphatic carbocycles. The van der Waals surface area contributed by atoms with Gasteiger partial charge in [0.2, 0.25) is 11.8 Å². The fraction of sp³-hybridized carbons (Fsp3) is 0.812. The molecule has 1 rings (SSSR count). The Labute approximate surface area is 133 Å². The van der Waals surface area contributed by atoms with Gasteiger partial charge in [0.05, 0.1) is 6.54 Å². The Bertz CT molecular complexity index is 388. The Morgan fingerprint density at radius 1 is 1.14 bits per heavy atom. The van der Waals surface area contributed by atoms with E-state index in [-0.39, 0.29) is 29.6 Å². The van der Waals surface area contributed by atoms with E-state index in [1.807, 2.05) is 20.8 Å². The van der Waals surface area contributed by atoms with Gasteiger partial charge in [-0.1, -0.05) is 20.8 Å². The summed E-state index contributed by atoms with van der Waals surface area (Å²) in [5, 5.41) is 5.98. The van der Waals surface area contributed by atoms with Crippen molar-refractivity contribution in [1.29, 1.82) is 0 Å². The molecule has 22 heavy (non-hydrogen) atoms. The number of carbonyl (C=O) groups is 3. The number of rotatable bonds is 8. The zero-order chi connectivity index (χ0) is 16.5. The van der Waals surface area contributed by atoms with Crippen LogP contribution in [-0.2, 0) is 14.4 Å². The fourth-order valence-corrected chi connectivity index (χ4v) is 2.47. The van der Waals surface area contributed by atoms with Gasteiger partial charge >= 0.3 is 0 Å². The lowest BCUT2D eigenvalue weighted by molar-refractivity contribution is -0.134. The van der Waals surface area contributed by atoms with Crippen LogP contribution in [0.15, 0.2) is 0 Å². The maximum absolute atomic E-state index is 12.1. The van der Waals surface area contributed by atoms with Gasteiger partial charge in [-0.2, -0.15) is 0 Å². The molecule has 1 fully saturated rings. The van der Waals surface area contributed by atoms with Crippen LogP contribution in [0.1, 0.15) is 46.5 Å². The summed E-state index contributed by atoms with van der Waals surface area (Å²) in [6, 6.07) is 0.146. The molecular weight excluding hydrogens is 282 g/mol. The summed E-state index contributed by atoms with van der Waals surface area (Å²) in [5.41, 5.74) is 0. The average Bonchev–Trinajstić information content (AvgIpc) is 2.50. The van der Waals surface area contributed by atoms with Crippen molar-refractivity contribution in [2.45, 2.75) is 52.5 Å². The maximum atomic E-state index is 12.1. The van der Waals surface area contributed by atoms with Gasteiger partial charge in [0.25, 0.3) is 0 Å². The molecule has 6 nitrogen and oxygen atoms in total. The van der Waals surface area contributed by atoms with E-state index in [9.17, 15) is 14.4 Å². The number of piperidine rings is 1. The summed E-state index contributed by atoms with van der Waals surface area (Å²) in [6.45, 7) is 8.09. The van der Waals surface area contributed by atoms with Crippen LogP contribution in [0.5, 0.6) is 0 Å². The predicted octanol–water partition coefficient (Wildman–Crippen LogP) is 0.708. The highest BCUT2D eigenvalue weighted by molar-refractivity contribution is 5.86. The first-order chi connectivity index (χ1) is 10.4. The highest BCUT2D eigenvalue weighted by atomic mass is 16.2. The van der Waals surface area contributed by atoms with Gasteiger partial charge in [-0.15, -0.1) is 0 Å². The van der Waals surface area contributed by atoms with E-state index in [4.69, 9.17) is 0 Å². The molecule has 0 spiro atoms. The molecule has 0 saturated carbocycles. The van der Waals surface area contributed by atoms with E-state index < -0.39 is 0 Å². The summed E-state index contributed by atoms with van der Waals surface area (Å²) in [5.74, 6) is 0.185. The minimum absolute atomic E-state index is 0.00848. The van der Waals surface area contributed by atoms with Gasteiger partial charge in [-0.05, 0) is 19.4 Å². The van der Waals surface area contributed by atoms with E-state index >= 15 is 0 Å². The molecule has 0 unspecified atom stereocenters. The lowest BCUT2D eigenvalue weighted by atomic mass is 10.0. The molecule has 2 N–H and O–H groups in total. The van der Waals surface area contributed by atoms with Crippen molar-refractivity contribution in [2.75, 3.05) is 26.2 Å². The number of carbonyl (C=O) groups excluding carboxylic acids is 3. The molecule has 1 saturated heterocycles. The summed E-state index contributed by atoms with van der Waals surface area (Å²) in [6.07, 6.45) is 2.19. The van der Waals surface area contributed by atoms with E-state index in [2.05, 4.69) is 10.6 Å². The molecule has 2 amide bonds. The quantitative estimate of drug-likeness (QED) is 0.692. The first-order valence-electron chi connectivity index (χ1n) is 8.24. The Balaban J connectivity index is 2.25.